The van der Waals surface area contributed by atoms with Gasteiger partial charge in [0, 0.05) is 24.0 Å². The SMILES string of the molecule is Cc1ccc(C(=O)N2C3CCC2CC(O)C3)cn1. The van der Waals surface area contributed by atoms with Crippen LogP contribution in [0.3, 0.4) is 0 Å². The van der Waals surface area contributed by atoms with E-state index in [9.17, 15) is 9.90 Å². The Morgan fingerprint density at radius 1 is 1.33 bits per heavy atom. The summed E-state index contributed by atoms with van der Waals surface area (Å²) in [5, 5.41) is 9.75. The normalized spacial score (nSPS) is 30.6. The summed E-state index contributed by atoms with van der Waals surface area (Å²) < 4.78 is 0. The van der Waals surface area contributed by atoms with Gasteiger partial charge in [-0.2, -0.15) is 0 Å². The molecule has 2 saturated heterocycles. The van der Waals surface area contributed by atoms with Gasteiger partial charge in [-0.1, -0.05) is 0 Å². The Kier molecular flexibility index (Phi) is 2.82. The molecule has 0 radical (unpaired) electrons. The summed E-state index contributed by atoms with van der Waals surface area (Å²) in [7, 11) is 0. The fourth-order valence-corrected chi connectivity index (χ4v) is 3.22. The first kappa shape index (κ1) is 11.7. The first-order valence-electron chi connectivity index (χ1n) is 6.58. The lowest BCUT2D eigenvalue weighted by atomic mass is 9.99. The van der Waals surface area contributed by atoms with Crippen LogP contribution < -0.4 is 0 Å². The van der Waals surface area contributed by atoms with Gasteiger partial charge in [-0.3, -0.25) is 9.78 Å². The summed E-state index contributed by atoms with van der Waals surface area (Å²) >= 11 is 0. The molecule has 4 heteroatoms. The van der Waals surface area contributed by atoms with Gasteiger partial charge in [0.05, 0.1) is 11.7 Å². The Bertz CT molecular complexity index is 443. The molecule has 1 aromatic heterocycles. The molecular weight excluding hydrogens is 228 g/mol. The predicted octanol–water partition coefficient (Wildman–Crippen LogP) is 1.52. The minimum atomic E-state index is -0.234. The zero-order valence-corrected chi connectivity index (χ0v) is 10.5. The molecule has 4 nitrogen and oxygen atoms in total. The minimum Gasteiger partial charge on any atom is -0.393 e. The number of aliphatic hydroxyl groups is 1. The van der Waals surface area contributed by atoms with E-state index in [1.165, 1.54) is 0 Å². The molecule has 0 aromatic carbocycles. The van der Waals surface area contributed by atoms with Gasteiger partial charge < -0.3 is 10.0 Å². The van der Waals surface area contributed by atoms with E-state index in [2.05, 4.69) is 4.98 Å². The van der Waals surface area contributed by atoms with Crippen molar-refractivity contribution in [2.75, 3.05) is 0 Å². The third kappa shape index (κ3) is 1.90. The molecule has 2 atom stereocenters. The molecule has 2 bridgehead atoms. The molecule has 1 aromatic rings. The monoisotopic (exact) mass is 246 g/mol. The largest absolute Gasteiger partial charge is 0.393 e. The summed E-state index contributed by atoms with van der Waals surface area (Å²) in [6, 6.07) is 4.14. The molecule has 96 valence electrons. The van der Waals surface area contributed by atoms with Crippen LogP contribution in [0.25, 0.3) is 0 Å². The van der Waals surface area contributed by atoms with E-state index in [0.29, 0.717) is 5.56 Å². The van der Waals surface area contributed by atoms with Crippen LogP contribution in [-0.4, -0.2) is 39.1 Å². The second-order valence-electron chi connectivity index (χ2n) is 5.41. The summed E-state index contributed by atoms with van der Waals surface area (Å²) in [6.45, 7) is 1.91. The first-order valence-corrected chi connectivity index (χ1v) is 6.58. The molecule has 0 spiro atoms. The lowest BCUT2D eigenvalue weighted by molar-refractivity contribution is 0.0286. The van der Waals surface area contributed by atoms with Crippen LogP contribution in [0, 0.1) is 6.92 Å². The average molecular weight is 246 g/mol. The number of hydrogen-bond donors (Lipinski definition) is 1. The number of aromatic nitrogens is 1. The van der Waals surface area contributed by atoms with E-state index in [1.54, 1.807) is 6.20 Å². The molecule has 0 aliphatic carbocycles. The lowest BCUT2D eigenvalue weighted by Gasteiger charge is -2.37. The van der Waals surface area contributed by atoms with E-state index in [1.807, 2.05) is 24.0 Å². The van der Waals surface area contributed by atoms with E-state index >= 15 is 0 Å². The van der Waals surface area contributed by atoms with Crippen molar-refractivity contribution in [3.8, 4) is 0 Å². The highest BCUT2D eigenvalue weighted by Crippen LogP contribution is 2.36. The van der Waals surface area contributed by atoms with E-state index in [4.69, 9.17) is 0 Å². The number of piperidine rings is 1. The van der Waals surface area contributed by atoms with E-state index in [-0.39, 0.29) is 24.1 Å². The van der Waals surface area contributed by atoms with E-state index < -0.39 is 0 Å². The van der Waals surface area contributed by atoms with E-state index in [0.717, 1.165) is 31.4 Å². The number of rotatable bonds is 1. The van der Waals surface area contributed by atoms with Gasteiger partial charge in [-0.05, 0) is 44.7 Å². The summed E-state index contributed by atoms with van der Waals surface area (Å²) in [6.07, 6.45) is 4.91. The Balaban J connectivity index is 1.83. The van der Waals surface area contributed by atoms with Crippen molar-refractivity contribution in [2.24, 2.45) is 0 Å². The number of aliphatic hydroxyl groups excluding tert-OH is 1. The quantitative estimate of drug-likeness (QED) is 0.817. The van der Waals surface area contributed by atoms with Crippen molar-refractivity contribution < 1.29 is 9.90 Å². The molecule has 1 amide bonds. The first-order chi connectivity index (χ1) is 8.65. The maximum Gasteiger partial charge on any atom is 0.255 e. The minimum absolute atomic E-state index is 0.0712. The smallest absolute Gasteiger partial charge is 0.255 e. The number of hydrogen-bond acceptors (Lipinski definition) is 3. The molecule has 2 aliphatic heterocycles. The number of nitrogens with zero attached hydrogens (tertiary/aromatic N) is 2. The molecule has 3 rings (SSSR count). The van der Waals surface area contributed by atoms with Crippen molar-refractivity contribution in [3.05, 3.63) is 29.6 Å². The molecule has 2 aliphatic rings. The molecule has 2 fully saturated rings. The van der Waals surface area contributed by atoms with Gasteiger partial charge in [-0.25, -0.2) is 0 Å². The maximum atomic E-state index is 12.5. The van der Waals surface area contributed by atoms with Crippen LogP contribution in [0.4, 0.5) is 0 Å². The molecule has 3 heterocycles. The Morgan fingerprint density at radius 3 is 2.56 bits per heavy atom. The van der Waals surface area contributed by atoms with Gasteiger partial charge in [0.25, 0.3) is 5.91 Å². The van der Waals surface area contributed by atoms with Gasteiger partial charge >= 0.3 is 0 Å². The van der Waals surface area contributed by atoms with Crippen LogP contribution in [0.2, 0.25) is 0 Å². The Labute approximate surface area is 107 Å². The highest BCUT2D eigenvalue weighted by Gasteiger charge is 2.42. The Morgan fingerprint density at radius 2 is 2.00 bits per heavy atom. The zero-order chi connectivity index (χ0) is 12.7. The number of amides is 1. The maximum absolute atomic E-state index is 12.5. The molecule has 1 N–H and O–H groups in total. The number of aryl methyl sites for hydroxylation is 1. The van der Waals surface area contributed by atoms with Crippen molar-refractivity contribution >= 4 is 5.91 Å². The van der Waals surface area contributed by atoms with Gasteiger partial charge in [0.2, 0.25) is 0 Å². The molecule has 18 heavy (non-hydrogen) atoms. The number of carbonyl (C=O) groups is 1. The fourth-order valence-electron chi connectivity index (χ4n) is 3.22. The third-order valence-corrected chi connectivity index (χ3v) is 4.10. The van der Waals surface area contributed by atoms with Gasteiger partial charge in [-0.15, -0.1) is 0 Å². The summed E-state index contributed by atoms with van der Waals surface area (Å²) in [5.41, 5.74) is 1.58. The fraction of sp³-hybridized carbons (Fsp3) is 0.571. The molecular formula is C14H18N2O2. The summed E-state index contributed by atoms with van der Waals surface area (Å²) in [4.78, 5) is 18.6. The number of fused-ring (bicyclic) bond motifs is 2. The predicted molar refractivity (Wildman–Crippen MR) is 67.2 cm³/mol. The molecule has 0 saturated carbocycles. The summed E-state index contributed by atoms with van der Waals surface area (Å²) in [5.74, 6) is 0.0712. The third-order valence-electron chi connectivity index (χ3n) is 4.10. The second kappa shape index (κ2) is 4.35. The highest BCUT2D eigenvalue weighted by atomic mass is 16.3. The molecule has 2 unspecified atom stereocenters. The van der Waals surface area contributed by atoms with Crippen molar-refractivity contribution in [1.29, 1.82) is 0 Å². The van der Waals surface area contributed by atoms with Crippen LogP contribution in [-0.2, 0) is 0 Å². The second-order valence-corrected chi connectivity index (χ2v) is 5.41. The Hall–Kier alpha value is -1.42. The van der Waals surface area contributed by atoms with Crippen molar-refractivity contribution in [3.63, 3.8) is 0 Å². The van der Waals surface area contributed by atoms with Gasteiger partial charge in [0.15, 0.2) is 0 Å². The lowest BCUT2D eigenvalue weighted by Crippen LogP contribution is -2.48. The van der Waals surface area contributed by atoms with Crippen LogP contribution in [0.5, 0.6) is 0 Å². The van der Waals surface area contributed by atoms with Crippen molar-refractivity contribution in [1.82, 2.24) is 9.88 Å². The number of pyridine rings is 1. The number of carbonyl (C=O) groups excluding carboxylic acids is 1. The van der Waals surface area contributed by atoms with Crippen molar-refractivity contribution in [2.45, 2.75) is 50.8 Å². The van der Waals surface area contributed by atoms with Crippen LogP contribution >= 0.6 is 0 Å². The zero-order valence-electron chi connectivity index (χ0n) is 10.5. The standard InChI is InChI=1S/C14H18N2O2/c1-9-2-3-10(8-15-9)14(18)16-11-4-5-12(16)7-13(17)6-11/h2-3,8,11-13,17H,4-7H2,1H3. The highest BCUT2D eigenvalue weighted by molar-refractivity contribution is 5.94. The topological polar surface area (TPSA) is 53.4 Å². The van der Waals surface area contributed by atoms with Crippen LogP contribution in [0.1, 0.15) is 41.7 Å². The average Bonchev–Trinajstić information content (AvgIpc) is 2.62. The van der Waals surface area contributed by atoms with Crippen LogP contribution in [0.15, 0.2) is 18.3 Å². The van der Waals surface area contributed by atoms with Gasteiger partial charge in [0.1, 0.15) is 0 Å².